The monoisotopic (exact) mass is 350 g/mol. The van der Waals surface area contributed by atoms with Crippen LogP contribution in [0.2, 0.25) is 0 Å². The van der Waals surface area contributed by atoms with Crippen molar-refractivity contribution in [1.82, 2.24) is 5.32 Å². The molecule has 0 aliphatic rings. The van der Waals surface area contributed by atoms with Crippen LogP contribution in [0.25, 0.3) is 0 Å². The molecule has 0 aliphatic carbocycles. The number of carboxylic acid groups (broad SMARTS) is 2. The fourth-order valence-electron chi connectivity index (χ4n) is 1.74. The number of aliphatic carboxylic acids is 2. The first-order valence-electron chi connectivity index (χ1n) is 6.98. The second-order valence-electron chi connectivity index (χ2n) is 4.85. The van der Waals surface area contributed by atoms with Crippen molar-refractivity contribution in [3.8, 4) is 0 Å². The molecular weight excluding hydrogens is 332 g/mol. The third-order valence-electron chi connectivity index (χ3n) is 2.87. The number of carbonyl (C=O) groups is 3. The van der Waals surface area contributed by atoms with Crippen LogP contribution in [0.3, 0.4) is 0 Å². The predicted molar refractivity (Wildman–Crippen MR) is 89.3 cm³/mol. The molecule has 0 saturated heterocycles. The summed E-state index contributed by atoms with van der Waals surface area (Å²) in [6.45, 7) is 0. The molecule has 1 amide bonds. The van der Waals surface area contributed by atoms with Gasteiger partial charge in [0, 0.05) is 12.0 Å². The van der Waals surface area contributed by atoms with E-state index in [0.29, 0.717) is 5.69 Å². The highest BCUT2D eigenvalue weighted by Crippen LogP contribution is 2.13. The van der Waals surface area contributed by atoms with E-state index in [9.17, 15) is 14.4 Å². The fraction of sp³-hybridized carbons (Fsp3) is 0.214. The van der Waals surface area contributed by atoms with Crippen molar-refractivity contribution in [2.24, 2.45) is 27.2 Å². The molecular formula is C14H18N6O5. The molecule has 0 bridgehead atoms. The van der Waals surface area contributed by atoms with E-state index >= 15 is 0 Å². The highest BCUT2D eigenvalue weighted by atomic mass is 16.4. The smallest absolute Gasteiger partial charge is 0.326 e. The van der Waals surface area contributed by atoms with E-state index in [0.717, 1.165) is 0 Å². The lowest BCUT2D eigenvalue weighted by Gasteiger charge is -2.13. The van der Waals surface area contributed by atoms with Gasteiger partial charge in [0.25, 0.3) is 5.91 Å². The quantitative estimate of drug-likeness (QED) is 0.263. The standard InChI is InChI=1S/C14H18N6O5/c15-13(16)20-14(17)18-8-3-1-7(2-4-8)11(23)19-9(12(24)25)5-6-10(21)22/h1-4,9H,5-6H2,(H,19,23)(H,21,22)(H,24,25)(H6,15,16,17,18,20). The summed E-state index contributed by atoms with van der Waals surface area (Å²) < 4.78 is 0. The Morgan fingerprint density at radius 2 is 1.68 bits per heavy atom. The van der Waals surface area contributed by atoms with E-state index in [-0.39, 0.29) is 30.3 Å². The summed E-state index contributed by atoms with van der Waals surface area (Å²) in [5.41, 5.74) is 16.3. The summed E-state index contributed by atoms with van der Waals surface area (Å²) in [6.07, 6.45) is -0.608. The number of carbonyl (C=O) groups excluding carboxylic acids is 1. The highest BCUT2D eigenvalue weighted by molar-refractivity contribution is 5.97. The molecule has 0 aromatic heterocycles. The van der Waals surface area contributed by atoms with Crippen LogP contribution in [0.4, 0.5) is 5.69 Å². The lowest BCUT2D eigenvalue weighted by atomic mass is 10.1. The minimum Gasteiger partial charge on any atom is -0.481 e. The summed E-state index contributed by atoms with van der Waals surface area (Å²) in [4.78, 5) is 41.1. The Kier molecular flexibility index (Phi) is 6.88. The van der Waals surface area contributed by atoms with Gasteiger partial charge in [0.05, 0.1) is 5.69 Å². The lowest BCUT2D eigenvalue weighted by Crippen LogP contribution is -2.41. The predicted octanol–water partition coefficient (Wildman–Crippen LogP) is -1.05. The summed E-state index contributed by atoms with van der Waals surface area (Å²) in [5.74, 6) is -3.55. The second-order valence-corrected chi connectivity index (χ2v) is 4.85. The number of benzene rings is 1. The minimum absolute atomic E-state index is 0.168. The SMILES string of the molecule is NC(N)=NC(N)=Nc1ccc(C(=O)NC(CCC(=O)O)C(=O)O)cc1. The van der Waals surface area contributed by atoms with E-state index in [1.165, 1.54) is 24.3 Å². The average molecular weight is 350 g/mol. The van der Waals surface area contributed by atoms with E-state index in [1.54, 1.807) is 0 Å². The van der Waals surface area contributed by atoms with Gasteiger partial charge in [-0.1, -0.05) is 0 Å². The van der Waals surface area contributed by atoms with Gasteiger partial charge in [-0.15, -0.1) is 0 Å². The fourth-order valence-corrected chi connectivity index (χ4v) is 1.74. The Morgan fingerprint density at radius 3 is 2.16 bits per heavy atom. The zero-order valence-corrected chi connectivity index (χ0v) is 13.0. The highest BCUT2D eigenvalue weighted by Gasteiger charge is 2.21. The van der Waals surface area contributed by atoms with Gasteiger partial charge in [-0.2, -0.15) is 4.99 Å². The Balaban J connectivity index is 2.80. The van der Waals surface area contributed by atoms with Crippen LogP contribution in [0, 0.1) is 0 Å². The molecule has 0 fully saturated rings. The van der Waals surface area contributed by atoms with Crippen molar-refractivity contribution < 1.29 is 24.6 Å². The lowest BCUT2D eigenvalue weighted by molar-refractivity contribution is -0.140. The van der Waals surface area contributed by atoms with Crippen LogP contribution in [-0.4, -0.2) is 46.0 Å². The van der Waals surface area contributed by atoms with Gasteiger partial charge < -0.3 is 32.7 Å². The Hall–Kier alpha value is -3.63. The summed E-state index contributed by atoms with van der Waals surface area (Å²) in [6, 6.07) is 4.40. The first-order chi connectivity index (χ1) is 11.7. The number of guanidine groups is 2. The summed E-state index contributed by atoms with van der Waals surface area (Å²) >= 11 is 0. The first-order valence-corrected chi connectivity index (χ1v) is 6.98. The van der Waals surface area contributed by atoms with Gasteiger partial charge in [0.1, 0.15) is 6.04 Å². The number of amides is 1. The normalized spacial score (nSPS) is 12.1. The molecule has 1 unspecified atom stereocenters. The molecule has 134 valence electrons. The molecule has 0 radical (unpaired) electrons. The molecule has 11 nitrogen and oxygen atoms in total. The maximum absolute atomic E-state index is 12.0. The average Bonchev–Trinajstić information content (AvgIpc) is 2.50. The molecule has 1 aromatic carbocycles. The van der Waals surface area contributed by atoms with Crippen molar-refractivity contribution in [2.75, 3.05) is 0 Å². The molecule has 0 heterocycles. The van der Waals surface area contributed by atoms with Gasteiger partial charge in [0.2, 0.25) is 5.96 Å². The minimum atomic E-state index is -1.32. The Bertz CT molecular complexity index is 709. The number of nitrogens with one attached hydrogen (secondary N) is 1. The number of carboxylic acids is 2. The zero-order valence-electron chi connectivity index (χ0n) is 13.0. The van der Waals surface area contributed by atoms with E-state index in [2.05, 4.69) is 15.3 Å². The van der Waals surface area contributed by atoms with Crippen molar-refractivity contribution in [3.05, 3.63) is 29.8 Å². The Morgan fingerprint density at radius 1 is 1.08 bits per heavy atom. The van der Waals surface area contributed by atoms with Crippen LogP contribution in [-0.2, 0) is 9.59 Å². The zero-order chi connectivity index (χ0) is 19.0. The van der Waals surface area contributed by atoms with Crippen LogP contribution in [0.1, 0.15) is 23.2 Å². The number of nitrogens with zero attached hydrogens (tertiary/aromatic N) is 2. The van der Waals surface area contributed by atoms with Crippen molar-refractivity contribution in [3.63, 3.8) is 0 Å². The van der Waals surface area contributed by atoms with E-state index in [1.807, 2.05) is 0 Å². The molecule has 0 saturated carbocycles. The third kappa shape index (κ3) is 6.99. The number of hydrogen-bond acceptors (Lipinski definition) is 4. The number of hydrogen-bond donors (Lipinski definition) is 6. The number of nitrogens with two attached hydrogens (primary N) is 3. The molecule has 0 spiro atoms. The molecule has 1 atom stereocenters. The third-order valence-corrected chi connectivity index (χ3v) is 2.87. The van der Waals surface area contributed by atoms with Crippen LogP contribution >= 0.6 is 0 Å². The van der Waals surface area contributed by atoms with Gasteiger partial charge in [-0.05, 0) is 30.7 Å². The molecule has 25 heavy (non-hydrogen) atoms. The maximum Gasteiger partial charge on any atom is 0.326 e. The maximum atomic E-state index is 12.0. The Labute approximate surface area is 142 Å². The van der Waals surface area contributed by atoms with Crippen LogP contribution in [0.5, 0.6) is 0 Å². The van der Waals surface area contributed by atoms with Crippen molar-refractivity contribution in [2.45, 2.75) is 18.9 Å². The molecule has 9 N–H and O–H groups in total. The molecule has 1 aromatic rings. The summed E-state index contributed by atoms with van der Waals surface area (Å²) in [7, 11) is 0. The van der Waals surface area contributed by atoms with E-state index < -0.39 is 23.9 Å². The molecule has 1 rings (SSSR count). The summed E-state index contributed by atoms with van der Waals surface area (Å²) in [5, 5.41) is 19.9. The largest absolute Gasteiger partial charge is 0.481 e. The second kappa shape index (κ2) is 8.86. The van der Waals surface area contributed by atoms with Gasteiger partial charge in [0.15, 0.2) is 5.96 Å². The number of aliphatic imine (C=N–C) groups is 2. The van der Waals surface area contributed by atoms with Crippen LogP contribution < -0.4 is 22.5 Å². The first kappa shape index (κ1) is 19.4. The van der Waals surface area contributed by atoms with E-state index in [4.69, 9.17) is 27.4 Å². The van der Waals surface area contributed by atoms with Crippen molar-refractivity contribution >= 4 is 35.5 Å². The topological polar surface area (TPSA) is 206 Å². The molecule has 11 heteroatoms. The van der Waals surface area contributed by atoms with Gasteiger partial charge in [-0.25, -0.2) is 9.79 Å². The van der Waals surface area contributed by atoms with Gasteiger partial charge in [-0.3, -0.25) is 9.59 Å². The van der Waals surface area contributed by atoms with Gasteiger partial charge >= 0.3 is 11.9 Å². The molecule has 0 aliphatic heterocycles. The van der Waals surface area contributed by atoms with Crippen molar-refractivity contribution in [1.29, 1.82) is 0 Å². The van der Waals surface area contributed by atoms with Crippen LogP contribution in [0.15, 0.2) is 34.3 Å². The number of rotatable bonds is 7.